The molecular weight excluding hydrogens is 361 g/mol. The molecule has 2 rings (SSSR count). The fraction of sp³-hybridized carbons (Fsp3) is 0.263. The Kier molecular flexibility index (Phi) is 6.81. The predicted octanol–water partition coefficient (Wildman–Crippen LogP) is 3.48. The lowest BCUT2D eigenvalue weighted by Gasteiger charge is -2.18. The van der Waals surface area contributed by atoms with Gasteiger partial charge in [-0.3, -0.25) is 9.59 Å². The molecule has 0 aliphatic carbocycles. The van der Waals surface area contributed by atoms with Gasteiger partial charge in [0.15, 0.2) is 0 Å². The molecule has 0 fully saturated rings. The summed E-state index contributed by atoms with van der Waals surface area (Å²) in [5, 5.41) is 2.58. The minimum atomic E-state index is -4.39. The number of hydrogen-bond acceptors (Lipinski definition) is 3. The van der Waals surface area contributed by atoms with Crippen molar-refractivity contribution in [2.45, 2.75) is 19.1 Å². The minimum absolute atomic E-state index is 0.0808. The Balaban J connectivity index is 1.74. The highest BCUT2D eigenvalue weighted by Crippen LogP contribution is 2.29. The Bertz CT molecular complexity index is 782. The van der Waals surface area contributed by atoms with Crippen molar-refractivity contribution in [3.8, 4) is 0 Å². The van der Waals surface area contributed by atoms with Crippen molar-refractivity contribution in [3.05, 3.63) is 65.6 Å². The van der Waals surface area contributed by atoms with E-state index in [0.29, 0.717) is 11.3 Å². The second-order valence-electron chi connectivity index (χ2n) is 5.83. The number of carbonyl (C=O) groups is 2. The molecule has 0 aliphatic rings. The van der Waals surface area contributed by atoms with Crippen molar-refractivity contribution in [1.29, 1.82) is 0 Å². The molecule has 1 aromatic carbocycles. The van der Waals surface area contributed by atoms with Crippen LogP contribution in [0.15, 0.2) is 53.2 Å². The third kappa shape index (κ3) is 6.65. The van der Waals surface area contributed by atoms with Gasteiger partial charge < -0.3 is 14.6 Å². The molecule has 1 aromatic heterocycles. The van der Waals surface area contributed by atoms with Gasteiger partial charge in [0.05, 0.1) is 11.8 Å². The molecule has 0 aliphatic heterocycles. The summed E-state index contributed by atoms with van der Waals surface area (Å²) in [6.45, 7) is 0.334. The van der Waals surface area contributed by atoms with E-state index in [1.165, 1.54) is 35.4 Å². The monoisotopic (exact) mass is 380 g/mol. The number of alkyl halides is 3. The van der Waals surface area contributed by atoms with E-state index in [1.54, 1.807) is 19.2 Å². The van der Waals surface area contributed by atoms with Gasteiger partial charge in [0, 0.05) is 32.6 Å². The zero-order chi connectivity index (χ0) is 19.9. The van der Waals surface area contributed by atoms with E-state index < -0.39 is 11.7 Å². The lowest BCUT2D eigenvalue weighted by Crippen LogP contribution is -2.31. The fourth-order valence-corrected chi connectivity index (χ4v) is 2.25. The molecule has 1 heterocycles. The summed E-state index contributed by atoms with van der Waals surface area (Å²) in [5.74, 6) is -0.0488. The van der Waals surface area contributed by atoms with Crippen LogP contribution >= 0.6 is 0 Å². The Hall–Kier alpha value is -3.03. The average Bonchev–Trinajstić information content (AvgIpc) is 3.13. The molecule has 0 saturated carbocycles. The number of carbonyl (C=O) groups excluding carboxylic acids is 2. The lowest BCUT2D eigenvalue weighted by atomic mass is 10.1. The van der Waals surface area contributed by atoms with E-state index in [9.17, 15) is 22.8 Å². The Morgan fingerprint density at radius 3 is 2.48 bits per heavy atom. The number of halogens is 3. The van der Waals surface area contributed by atoms with Gasteiger partial charge in [-0.15, -0.1) is 0 Å². The van der Waals surface area contributed by atoms with Crippen LogP contribution in [-0.2, 0) is 22.3 Å². The first-order chi connectivity index (χ1) is 12.8. The second kappa shape index (κ2) is 9.07. The van der Waals surface area contributed by atoms with Crippen molar-refractivity contribution in [2.24, 2.45) is 0 Å². The molecule has 0 saturated heterocycles. The SMILES string of the molecule is CN(Cc1ccc(C(F)(F)F)cc1)C(=O)CCNC(=O)/C=C/c1ccco1. The first-order valence-electron chi connectivity index (χ1n) is 8.15. The number of benzene rings is 1. The van der Waals surface area contributed by atoms with Crippen LogP contribution in [0.25, 0.3) is 6.08 Å². The number of nitrogens with zero attached hydrogens (tertiary/aromatic N) is 1. The number of hydrogen-bond donors (Lipinski definition) is 1. The van der Waals surface area contributed by atoms with E-state index in [1.807, 2.05) is 0 Å². The molecule has 1 N–H and O–H groups in total. The summed E-state index contributed by atoms with van der Waals surface area (Å²) in [7, 11) is 1.55. The van der Waals surface area contributed by atoms with Crippen LogP contribution in [0.2, 0.25) is 0 Å². The number of rotatable bonds is 7. The van der Waals surface area contributed by atoms with Gasteiger partial charge in [-0.1, -0.05) is 12.1 Å². The summed E-state index contributed by atoms with van der Waals surface area (Å²) in [6.07, 6.45) is -0.00678. The van der Waals surface area contributed by atoms with Gasteiger partial charge in [-0.25, -0.2) is 0 Å². The van der Waals surface area contributed by atoms with Crippen LogP contribution in [0, 0.1) is 0 Å². The normalized spacial score (nSPS) is 11.6. The van der Waals surface area contributed by atoms with Crippen LogP contribution in [-0.4, -0.2) is 30.3 Å². The van der Waals surface area contributed by atoms with Gasteiger partial charge in [0.1, 0.15) is 5.76 Å². The molecule has 144 valence electrons. The van der Waals surface area contributed by atoms with Crippen molar-refractivity contribution in [2.75, 3.05) is 13.6 Å². The van der Waals surface area contributed by atoms with Gasteiger partial charge in [0.2, 0.25) is 11.8 Å². The van der Waals surface area contributed by atoms with E-state index in [-0.39, 0.29) is 31.3 Å². The topological polar surface area (TPSA) is 62.6 Å². The van der Waals surface area contributed by atoms with Crippen molar-refractivity contribution in [1.82, 2.24) is 10.2 Å². The van der Waals surface area contributed by atoms with Crippen LogP contribution in [0.4, 0.5) is 13.2 Å². The highest BCUT2D eigenvalue weighted by molar-refractivity contribution is 5.91. The van der Waals surface area contributed by atoms with Crippen molar-refractivity contribution < 1.29 is 27.2 Å². The number of nitrogens with one attached hydrogen (secondary N) is 1. The summed E-state index contributed by atoms with van der Waals surface area (Å²) < 4.78 is 42.7. The van der Waals surface area contributed by atoms with E-state index in [0.717, 1.165) is 12.1 Å². The van der Waals surface area contributed by atoms with Gasteiger partial charge >= 0.3 is 6.18 Å². The largest absolute Gasteiger partial charge is 0.465 e. The van der Waals surface area contributed by atoms with Crippen LogP contribution in [0.1, 0.15) is 23.3 Å². The summed E-state index contributed by atoms with van der Waals surface area (Å²) in [4.78, 5) is 25.1. The minimum Gasteiger partial charge on any atom is -0.465 e. The summed E-state index contributed by atoms with van der Waals surface area (Å²) >= 11 is 0. The van der Waals surface area contributed by atoms with Crippen molar-refractivity contribution in [3.63, 3.8) is 0 Å². The first kappa shape index (κ1) is 20.3. The van der Waals surface area contributed by atoms with E-state index >= 15 is 0 Å². The highest BCUT2D eigenvalue weighted by Gasteiger charge is 2.29. The van der Waals surface area contributed by atoms with Crippen LogP contribution in [0.3, 0.4) is 0 Å². The van der Waals surface area contributed by atoms with Crippen molar-refractivity contribution >= 4 is 17.9 Å². The second-order valence-corrected chi connectivity index (χ2v) is 5.83. The maximum Gasteiger partial charge on any atom is 0.416 e. The van der Waals surface area contributed by atoms with Gasteiger partial charge in [0.25, 0.3) is 0 Å². The molecule has 0 bridgehead atoms. The Morgan fingerprint density at radius 2 is 1.89 bits per heavy atom. The predicted molar refractivity (Wildman–Crippen MR) is 93.3 cm³/mol. The standard InChI is InChI=1S/C19H19F3N2O3/c1-24(13-14-4-6-15(7-5-14)19(20,21)22)18(26)10-11-23-17(25)9-8-16-3-2-12-27-16/h2-9,12H,10-11,13H2,1H3,(H,23,25)/b9-8+. The molecule has 27 heavy (non-hydrogen) atoms. The van der Waals surface area contributed by atoms with E-state index in [2.05, 4.69) is 5.32 Å². The quantitative estimate of drug-likeness (QED) is 0.748. The Morgan fingerprint density at radius 1 is 1.19 bits per heavy atom. The maximum atomic E-state index is 12.5. The fourth-order valence-electron chi connectivity index (χ4n) is 2.25. The summed E-state index contributed by atoms with van der Waals surface area (Å²) in [5.41, 5.74) is -0.144. The molecular formula is C19H19F3N2O3. The van der Waals surface area contributed by atoms with E-state index in [4.69, 9.17) is 4.42 Å². The number of amides is 2. The maximum absolute atomic E-state index is 12.5. The smallest absolute Gasteiger partial charge is 0.416 e. The summed E-state index contributed by atoms with van der Waals surface area (Å²) in [6, 6.07) is 8.05. The van der Waals surface area contributed by atoms with Crippen LogP contribution < -0.4 is 5.32 Å². The molecule has 0 unspecified atom stereocenters. The third-order valence-corrected chi connectivity index (χ3v) is 3.71. The zero-order valence-electron chi connectivity index (χ0n) is 14.6. The highest BCUT2D eigenvalue weighted by atomic mass is 19.4. The lowest BCUT2D eigenvalue weighted by molar-refractivity contribution is -0.137. The molecule has 0 atom stereocenters. The average molecular weight is 380 g/mol. The van der Waals surface area contributed by atoms with Gasteiger partial charge in [-0.2, -0.15) is 13.2 Å². The van der Waals surface area contributed by atoms with Gasteiger partial charge in [-0.05, 0) is 35.9 Å². The molecule has 2 aromatic rings. The molecule has 5 nitrogen and oxygen atoms in total. The molecule has 2 amide bonds. The van der Waals surface area contributed by atoms with Crippen LogP contribution in [0.5, 0.6) is 0 Å². The first-order valence-corrected chi connectivity index (χ1v) is 8.15. The third-order valence-electron chi connectivity index (χ3n) is 3.71. The molecule has 0 radical (unpaired) electrons. The molecule has 8 heteroatoms. The zero-order valence-corrected chi connectivity index (χ0v) is 14.6. The number of furan rings is 1. The Labute approximate surface area is 154 Å². The molecule has 0 spiro atoms.